The third-order valence-electron chi connectivity index (χ3n) is 5.19. The second-order valence-electron chi connectivity index (χ2n) is 7.26. The number of carbonyl (C=O) groups excluding carboxylic acids is 1. The SMILES string of the molecule is CCNC(=NCC1(C)CCCCC1O)NC1CCC(=O)N(C)C1.I. The zero-order chi connectivity index (χ0) is 16.9. The minimum absolute atomic E-state index is 0. The Labute approximate surface area is 162 Å². The number of aliphatic imine (C=N–C) groups is 1. The van der Waals surface area contributed by atoms with Crippen LogP contribution in [0.3, 0.4) is 0 Å². The first-order valence-electron chi connectivity index (χ1n) is 8.91. The van der Waals surface area contributed by atoms with Gasteiger partial charge in [0.1, 0.15) is 0 Å². The molecule has 1 saturated heterocycles. The van der Waals surface area contributed by atoms with E-state index in [1.807, 2.05) is 14.0 Å². The lowest BCUT2D eigenvalue weighted by Gasteiger charge is -2.37. The first-order valence-corrected chi connectivity index (χ1v) is 8.91. The second-order valence-corrected chi connectivity index (χ2v) is 7.26. The number of aliphatic hydroxyl groups is 1. The van der Waals surface area contributed by atoms with Gasteiger partial charge >= 0.3 is 0 Å². The third-order valence-corrected chi connectivity index (χ3v) is 5.19. The highest BCUT2D eigenvalue weighted by molar-refractivity contribution is 14.0. The molecule has 0 aromatic carbocycles. The molecule has 1 aliphatic heterocycles. The molecule has 0 aromatic heterocycles. The molecule has 1 aliphatic carbocycles. The molecule has 2 rings (SSSR count). The van der Waals surface area contributed by atoms with Crippen LogP contribution in [0.25, 0.3) is 0 Å². The van der Waals surface area contributed by atoms with Gasteiger partial charge in [0.05, 0.1) is 12.6 Å². The summed E-state index contributed by atoms with van der Waals surface area (Å²) >= 11 is 0. The third kappa shape index (κ3) is 5.75. The summed E-state index contributed by atoms with van der Waals surface area (Å²) in [7, 11) is 1.85. The normalized spacial score (nSPS) is 31.4. The molecule has 0 aromatic rings. The molecular formula is C17H33IN4O2. The fourth-order valence-electron chi connectivity index (χ4n) is 3.47. The summed E-state index contributed by atoms with van der Waals surface area (Å²) in [5.74, 6) is 1.00. The molecule has 1 amide bonds. The van der Waals surface area contributed by atoms with Gasteiger partial charge in [0.2, 0.25) is 5.91 Å². The van der Waals surface area contributed by atoms with Crippen molar-refractivity contribution in [3.05, 3.63) is 0 Å². The fourth-order valence-corrected chi connectivity index (χ4v) is 3.47. The summed E-state index contributed by atoms with van der Waals surface area (Å²) in [6.45, 7) is 6.32. The molecule has 2 fully saturated rings. The van der Waals surface area contributed by atoms with Gasteiger partial charge in [-0.2, -0.15) is 0 Å². The first kappa shape index (κ1) is 21.5. The van der Waals surface area contributed by atoms with E-state index in [0.29, 0.717) is 19.5 Å². The molecular weight excluding hydrogens is 419 g/mol. The molecule has 1 heterocycles. The van der Waals surface area contributed by atoms with Gasteiger partial charge in [-0.3, -0.25) is 9.79 Å². The lowest BCUT2D eigenvalue weighted by molar-refractivity contribution is -0.132. The predicted octanol–water partition coefficient (Wildman–Crippen LogP) is 1.72. The van der Waals surface area contributed by atoms with Gasteiger partial charge in [-0.1, -0.05) is 19.8 Å². The van der Waals surface area contributed by atoms with Gasteiger partial charge in [0.25, 0.3) is 0 Å². The minimum atomic E-state index is -0.263. The van der Waals surface area contributed by atoms with Crippen LogP contribution in [0, 0.1) is 5.41 Å². The zero-order valence-corrected chi connectivity index (χ0v) is 17.5. The Hall–Kier alpha value is -0.570. The number of nitrogens with one attached hydrogen (secondary N) is 2. The van der Waals surface area contributed by atoms with E-state index in [4.69, 9.17) is 4.99 Å². The number of guanidine groups is 1. The molecule has 2 aliphatic rings. The number of hydrogen-bond acceptors (Lipinski definition) is 3. The number of rotatable bonds is 4. The minimum Gasteiger partial charge on any atom is -0.392 e. The number of piperidine rings is 1. The smallest absolute Gasteiger partial charge is 0.222 e. The van der Waals surface area contributed by atoms with Crippen LogP contribution in [0.1, 0.15) is 52.4 Å². The molecule has 140 valence electrons. The van der Waals surface area contributed by atoms with Crippen molar-refractivity contribution in [3.8, 4) is 0 Å². The van der Waals surface area contributed by atoms with Gasteiger partial charge in [0, 0.05) is 38.0 Å². The van der Waals surface area contributed by atoms with Gasteiger partial charge in [0.15, 0.2) is 5.96 Å². The topological polar surface area (TPSA) is 77.0 Å². The average molecular weight is 452 g/mol. The van der Waals surface area contributed by atoms with E-state index in [9.17, 15) is 9.90 Å². The van der Waals surface area contributed by atoms with Crippen molar-refractivity contribution in [2.75, 3.05) is 26.7 Å². The number of hydrogen-bond donors (Lipinski definition) is 3. The summed E-state index contributed by atoms with van der Waals surface area (Å²) in [6, 6.07) is 0.236. The van der Waals surface area contributed by atoms with Crippen LogP contribution in [-0.2, 0) is 4.79 Å². The van der Waals surface area contributed by atoms with Crippen LogP contribution in [0.15, 0.2) is 4.99 Å². The monoisotopic (exact) mass is 452 g/mol. The van der Waals surface area contributed by atoms with Gasteiger partial charge in [-0.25, -0.2) is 0 Å². The van der Waals surface area contributed by atoms with Crippen molar-refractivity contribution in [1.82, 2.24) is 15.5 Å². The van der Waals surface area contributed by atoms with Crippen LogP contribution < -0.4 is 10.6 Å². The van der Waals surface area contributed by atoms with E-state index in [-0.39, 0.29) is 47.4 Å². The van der Waals surface area contributed by atoms with Gasteiger partial charge in [-0.05, 0) is 26.2 Å². The average Bonchev–Trinajstić information content (AvgIpc) is 2.52. The highest BCUT2D eigenvalue weighted by atomic mass is 127. The lowest BCUT2D eigenvalue weighted by Crippen LogP contribution is -2.52. The fraction of sp³-hybridized carbons (Fsp3) is 0.882. The van der Waals surface area contributed by atoms with E-state index in [1.54, 1.807) is 4.90 Å². The largest absolute Gasteiger partial charge is 0.392 e. The Balaban J connectivity index is 0.00000288. The Morgan fingerprint density at radius 2 is 2.17 bits per heavy atom. The Morgan fingerprint density at radius 3 is 2.79 bits per heavy atom. The number of carbonyl (C=O) groups is 1. The van der Waals surface area contributed by atoms with Crippen molar-refractivity contribution in [3.63, 3.8) is 0 Å². The summed E-state index contributed by atoms with van der Waals surface area (Å²) in [5.41, 5.74) is -0.125. The van der Waals surface area contributed by atoms with Crippen molar-refractivity contribution < 1.29 is 9.90 Å². The molecule has 24 heavy (non-hydrogen) atoms. The highest BCUT2D eigenvalue weighted by Crippen LogP contribution is 2.36. The maximum absolute atomic E-state index is 11.6. The van der Waals surface area contributed by atoms with Gasteiger partial charge in [-0.15, -0.1) is 24.0 Å². The van der Waals surface area contributed by atoms with Crippen molar-refractivity contribution in [2.45, 2.75) is 64.5 Å². The van der Waals surface area contributed by atoms with Gasteiger partial charge < -0.3 is 20.6 Å². The number of aliphatic hydroxyl groups excluding tert-OH is 1. The number of likely N-dealkylation sites (tertiary alicyclic amines) is 1. The van der Waals surface area contributed by atoms with E-state index in [1.165, 1.54) is 6.42 Å². The number of halogens is 1. The predicted molar refractivity (Wildman–Crippen MR) is 108 cm³/mol. The first-order chi connectivity index (χ1) is 10.9. The molecule has 6 nitrogen and oxygen atoms in total. The van der Waals surface area contributed by atoms with E-state index >= 15 is 0 Å². The molecule has 0 bridgehead atoms. The standard InChI is InChI=1S/C17H32N4O2.HI/c1-4-18-16(20-13-8-9-15(23)21(3)11-13)19-12-17(2)10-6-5-7-14(17)22;/h13-14,22H,4-12H2,1-3H3,(H2,18,19,20);1H. The van der Waals surface area contributed by atoms with Crippen LogP contribution >= 0.6 is 24.0 Å². The number of nitrogens with zero attached hydrogens (tertiary/aromatic N) is 2. The molecule has 0 radical (unpaired) electrons. The molecule has 7 heteroatoms. The van der Waals surface area contributed by atoms with Crippen molar-refractivity contribution in [1.29, 1.82) is 0 Å². The van der Waals surface area contributed by atoms with Crippen molar-refractivity contribution >= 4 is 35.8 Å². The molecule has 1 saturated carbocycles. The summed E-state index contributed by atoms with van der Waals surface area (Å²) in [5, 5.41) is 17.0. The van der Waals surface area contributed by atoms with Crippen LogP contribution in [0.2, 0.25) is 0 Å². The molecule has 3 atom stereocenters. The summed E-state index contributed by atoms with van der Waals surface area (Å²) in [6.07, 6.45) is 5.35. The maximum atomic E-state index is 11.6. The van der Waals surface area contributed by atoms with Crippen LogP contribution in [0.4, 0.5) is 0 Å². The summed E-state index contributed by atoms with van der Waals surface area (Å²) < 4.78 is 0. The van der Waals surface area contributed by atoms with Crippen LogP contribution in [-0.4, -0.2) is 60.7 Å². The van der Waals surface area contributed by atoms with E-state index < -0.39 is 0 Å². The zero-order valence-electron chi connectivity index (χ0n) is 15.2. The van der Waals surface area contributed by atoms with Crippen LogP contribution in [0.5, 0.6) is 0 Å². The Bertz CT molecular complexity index is 446. The maximum Gasteiger partial charge on any atom is 0.222 e. The second kappa shape index (κ2) is 9.79. The van der Waals surface area contributed by atoms with E-state index in [2.05, 4.69) is 17.6 Å². The number of likely N-dealkylation sites (N-methyl/N-ethyl adjacent to an activating group) is 1. The summed E-state index contributed by atoms with van der Waals surface area (Å²) in [4.78, 5) is 18.1. The highest BCUT2D eigenvalue weighted by Gasteiger charge is 2.35. The molecule has 0 spiro atoms. The van der Waals surface area contributed by atoms with E-state index in [0.717, 1.165) is 38.2 Å². The van der Waals surface area contributed by atoms with Crippen molar-refractivity contribution in [2.24, 2.45) is 10.4 Å². The molecule has 3 N–H and O–H groups in total. The Morgan fingerprint density at radius 1 is 1.42 bits per heavy atom. The molecule has 3 unspecified atom stereocenters. The quantitative estimate of drug-likeness (QED) is 0.345. The Kier molecular flexibility index (Phi) is 8.76. The number of amides is 1. The lowest BCUT2D eigenvalue weighted by atomic mass is 9.73.